The first kappa shape index (κ1) is 14.4. The Balaban J connectivity index is 1.88. The number of hydrogen-bond donors (Lipinski definition) is 0. The molecule has 1 aromatic carbocycles. The van der Waals surface area contributed by atoms with Crippen LogP contribution in [0.25, 0.3) is 10.1 Å². The molecule has 0 fully saturated rings. The standard InChI is InChI=1S/C14H10Cl2N2O2S/c1-18-13(19)5-11(14(16)17-18)20-6-8-7-21-12-3-2-9(15)4-10(8)12/h2-5,7H,6H2,1H3. The lowest BCUT2D eigenvalue weighted by molar-refractivity contribution is 0.304. The molecule has 0 saturated heterocycles. The molecule has 0 N–H and O–H groups in total. The Morgan fingerprint density at radius 2 is 2.14 bits per heavy atom. The molecule has 21 heavy (non-hydrogen) atoms. The summed E-state index contributed by atoms with van der Waals surface area (Å²) in [4.78, 5) is 11.6. The number of fused-ring (bicyclic) bond motifs is 1. The largest absolute Gasteiger partial charge is 0.485 e. The Morgan fingerprint density at radius 3 is 2.95 bits per heavy atom. The number of thiophene rings is 1. The number of nitrogens with zero attached hydrogens (tertiary/aromatic N) is 2. The van der Waals surface area contributed by atoms with Crippen molar-refractivity contribution in [2.45, 2.75) is 6.61 Å². The molecule has 7 heteroatoms. The van der Waals surface area contributed by atoms with Crippen molar-refractivity contribution in [1.82, 2.24) is 9.78 Å². The van der Waals surface area contributed by atoms with Crippen LogP contribution in [-0.4, -0.2) is 9.78 Å². The van der Waals surface area contributed by atoms with Gasteiger partial charge in [-0.1, -0.05) is 23.2 Å². The fourth-order valence-corrected chi connectivity index (χ4v) is 3.24. The lowest BCUT2D eigenvalue weighted by atomic mass is 10.2. The van der Waals surface area contributed by atoms with E-state index in [4.69, 9.17) is 27.9 Å². The fraction of sp³-hybridized carbons (Fsp3) is 0.143. The van der Waals surface area contributed by atoms with Gasteiger partial charge in [0.2, 0.25) is 0 Å². The number of ether oxygens (including phenoxy) is 1. The molecule has 0 aliphatic carbocycles. The lowest BCUT2D eigenvalue weighted by Crippen LogP contribution is -2.19. The minimum atomic E-state index is -0.271. The Kier molecular flexibility index (Phi) is 3.89. The summed E-state index contributed by atoms with van der Waals surface area (Å²) in [5.74, 6) is 0.279. The molecule has 0 radical (unpaired) electrons. The molecular formula is C14H10Cl2N2O2S. The van der Waals surface area contributed by atoms with Crippen LogP contribution in [0, 0.1) is 0 Å². The first-order valence-corrected chi connectivity index (χ1v) is 7.70. The summed E-state index contributed by atoms with van der Waals surface area (Å²) in [6.45, 7) is 0.301. The zero-order chi connectivity index (χ0) is 15.0. The van der Waals surface area contributed by atoms with Gasteiger partial charge in [-0.2, -0.15) is 5.10 Å². The number of benzene rings is 1. The molecule has 3 rings (SSSR count). The molecule has 2 heterocycles. The van der Waals surface area contributed by atoms with Gasteiger partial charge in [0.1, 0.15) is 6.61 Å². The third kappa shape index (κ3) is 2.90. The van der Waals surface area contributed by atoms with Crippen molar-refractivity contribution < 1.29 is 4.74 Å². The van der Waals surface area contributed by atoms with Gasteiger partial charge in [-0.15, -0.1) is 11.3 Å². The van der Waals surface area contributed by atoms with Gasteiger partial charge < -0.3 is 4.74 Å². The van der Waals surface area contributed by atoms with Crippen molar-refractivity contribution in [2.75, 3.05) is 0 Å². The summed E-state index contributed by atoms with van der Waals surface area (Å²) in [7, 11) is 1.53. The first-order chi connectivity index (χ1) is 10.0. The Labute approximate surface area is 134 Å². The average molecular weight is 341 g/mol. The van der Waals surface area contributed by atoms with Crippen molar-refractivity contribution in [3.05, 3.63) is 55.7 Å². The molecular weight excluding hydrogens is 331 g/mol. The Bertz CT molecular complexity index is 873. The van der Waals surface area contributed by atoms with E-state index in [-0.39, 0.29) is 16.5 Å². The van der Waals surface area contributed by atoms with Gasteiger partial charge in [0.15, 0.2) is 10.9 Å². The van der Waals surface area contributed by atoms with E-state index in [0.717, 1.165) is 20.3 Å². The summed E-state index contributed by atoms with van der Waals surface area (Å²) >= 11 is 13.6. The molecule has 108 valence electrons. The van der Waals surface area contributed by atoms with Gasteiger partial charge in [-0.3, -0.25) is 4.79 Å². The van der Waals surface area contributed by atoms with Crippen LogP contribution in [0.4, 0.5) is 0 Å². The molecule has 2 aromatic heterocycles. The fourth-order valence-electron chi connectivity index (χ4n) is 1.92. The highest BCUT2D eigenvalue weighted by Crippen LogP contribution is 2.30. The number of aryl methyl sites for hydroxylation is 1. The van der Waals surface area contributed by atoms with Gasteiger partial charge in [-0.25, -0.2) is 4.68 Å². The van der Waals surface area contributed by atoms with E-state index in [1.165, 1.54) is 13.1 Å². The first-order valence-electron chi connectivity index (χ1n) is 6.07. The summed E-state index contributed by atoms with van der Waals surface area (Å²) < 4.78 is 7.91. The summed E-state index contributed by atoms with van der Waals surface area (Å²) in [5.41, 5.74) is 0.724. The van der Waals surface area contributed by atoms with Crippen LogP contribution >= 0.6 is 34.5 Å². The van der Waals surface area contributed by atoms with Crippen molar-refractivity contribution in [3.63, 3.8) is 0 Å². The van der Waals surface area contributed by atoms with Crippen LogP contribution in [0.3, 0.4) is 0 Å². The number of halogens is 2. The Morgan fingerprint density at radius 1 is 1.33 bits per heavy atom. The SMILES string of the molecule is Cn1nc(Cl)c(OCc2csc3ccc(Cl)cc23)cc1=O. The maximum Gasteiger partial charge on any atom is 0.270 e. The molecule has 0 bridgehead atoms. The molecule has 0 spiro atoms. The van der Waals surface area contributed by atoms with E-state index < -0.39 is 0 Å². The average Bonchev–Trinajstić information content (AvgIpc) is 2.84. The van der Waals surface area contributed by atoms with Crippen LogP contribution < -0.4 is 10.3 Å². The van der Waals surface area contributed by atoms with Gasteiger partial charge in [-0.05, 0) is 23.6 Å². The number of hydrogen-bond acceptors (Lipinski definition) is 4. The highest BCUT2D eigenvalue weighted by molar-refractivity contribution is 7.17. The molecule has 0 aliphatic rings. The predicted molar refractivity (Wildman–Crippen MR) is 85.7 cm³/mol. The molecule has 0 saturated carbocycles. The molecule has 0 atom stereocenters. The van der Waals surface area contributed by atoms with E-state index in [1.54, 1.807) is 11.3 Å². The summed E-state index contributed by atoms with van der Waals surface area (Å²) in [6, 6.07) is 7.05. The van der Waals surface area contributed by atoms with E-state index in [1.807, 2.05) is 23.6 Å². The minimum absolute atomic E-state index is 0.162. The minimum Gasteiger partial charge on any atom is -0.485 e. The van der Waals surface area contributed by atoms with Crippen LogP contribution in [-0.2, 0) is 13.7 Å². The van der Waals surface area contributed by atoms with E-state index in [2.05, 4.69) is 5.10 Å². The third-order valence-corrected chi connectivity index (χ3v) is 4.52. The second-order valence-electron chi connectivity index (χ2n) is 4.45. The van der Waals surface area contributed by atoms with Gasteiger partial charge >= 0.3 is 0 Å². The van der Waals surface area contributed by atoms with Crippen LogP contribution in [0.1, 0.15) is 5.56 Å². The second-order valence-corrected chi connectivity index (χ2v) is 6.16. The van der Waals surface area contributed by atoms with Crippen LogP contribution in [0.5, 0.6) is 5.75 Å². The number of rotatable bonds is 3. The summed E-state index contributed by atoms with van der Waals surface area (Å²) in [6.07, 6.45) is 0. The smallest absolute Gasteiger partial charge is 0.270 e. The predicted octanol–water partition coefficient (Wildman–Crippen LogP) is 3.88. The van der Waals surface area contributed by atoms with Gasteiger partial charge in [0.05, 0.1) is 6.07 Å². The maximum atomic E-state index is 11.6. The third-order valence-electron chi connectivity index (χ3n) is 3.01. The monoisotopic (exact) mass is 340 g/mol. The number of aromatic nitrogens is 2. The highest BCUT2D eigenvalue weighted by atomic mass is 35.5. The molecule has 3 aromatic rings. The van der Waals surface area contributed by atoms with Gasteiger partial charge in [0, 0.05) is 27.7 Å². The Hall–Kier alpha value is -1.56. The van der Waals surface area contributed by atoms with Crippen LogP contribution in [0.15, 0.2) is 34.4 Å². The molecule has 0 aliphatic heterocycles. The maximum absolute atomic E-state index is 11.6. The molecule has 0 amide bonds. The van der Waals surface area contributed by atoms with Crippen molar-refractivity contribution in [3.8, 4) is 5.75 Å². The lowest BCUT2D eigenvalue weighted by Gasteiger charge is -2.07. The normalized spacial score (nSPS) is 11.0. The topological polar surface area (TPSA) is 44.1 Å². The molecule has 4 nitrogen and oxygen atoms in total. The van der Waals surface area contributed by atoms with Crippen molar-refractivity contribution in [2.24, 2.45) is 7.05 Å². The summed E-state index contributed by atoms with van der Waals surface area (Å²) in [5, 5.41) is 7.76. The van der Waals surface area contributed by atoms with Gasteiger partial charge in [0.25, 0.3) is 5.56 Å². The zero-order valence-electron chi connectivity index (χ0n) is 11.0. The molecule has 0 unspecified atom stereocenters. The van der Waals surface area contributed by atoms with E-state index in [0.29, 0.717) is 11.6 Å². The van der Waals surface area contributed by atoms with E-state index in [9.17, 15) is 4.79 Å². The second kappa shape index (κ2) is 5.67. The highest BCUT2D eigenvalue weighted by Gasteiger charge is 2.09. The van der Waals surface area contributed by atoms with Crippen LogP contribution in [0.2, 0.25) is 10.2 Å². The van der Waals surface area contributed by atoms with Crippen molar-refractivity contribution in [1.29, 1.82) is 0 Å². The quantitative estimate of drug-likeness (QED) is 0.726. The van der Waals surface area contributed by atoms with E-state index >= 15 is 0 Å². The van der Waals surface area contributed by atoms with Crippen molar-refractivity contribution >= 4 is 44.6 Å². The zero-order valence-corrected chi connectivity index (χ0v) is 13.3.